The Hall–Kier alpha value is 0.0938. The van der Waals surface area contributed by atoms with Gasteiger partial charge in [0.2, 0.25) is 0 Å². The van der Waals surface area contributed by atoms with E-state index in [0.29, 0.717) is 0 Å². The maximum Gasteiger partial charge on any atom is 0.0674 e. The van der Waals surface area contributed by atoms with Crippen LogP contribution in [0.1, 0.15) is 0 Å². The molecular formula is C8H26N2Si2. The summed E-state index contributed by atoms with van der Waals surface area (Å²) in [5.41, 5.74) is 0. The Labute approximate surface area is 79.6 Å². The summed E-state index contributed by atoms with van der Waals surface area (Å²) in [6.07, 6.45) is 0. The second-order valence-electron chi connectivity index (χ2n) is 4.98. The van der Waals surface area contributed by atoms with Gasteiger partial charge in [0.05, 0.1) is 16.1 Å². The third kappa shape index (κ3) is 5.71. The van der Waals surface area contributed by atoms with Crippen molar-refractivity contribution in [2.24, 2.45) is 0 Å². The van der Waals surface area contributed by atoms with E-state index in [1.807, 2.05) is 0 Å². The summed E-state index contributed by atoms with van der Waals surface area (Å²) in [7, 11) is -2.06. The summed E-state index contributed by atoms with van der Waals surface area (Å²) >= 11 is 0. The van der Waals surface area contributed by atoms with Gasteiger partial charge in [0.1, 0.15) is 0 Å². The molecule has 0 radical (unpaired) electrons. The number of hydrogen-bond donors (Lipinski definition) is 2. The van der Waals surface area contributed by atoms with Crippen LogP contribution in [0.25, 0.3) is 0 Å². The van der Waals surface area contributed by atoms with E-state index in [1.165, 1.54) is 0 Å². The van der Waals surface area contributed by atoms with E-state index in [-0.39, 0.29) is 12.3 Å². The average Bonchev–Trinajstić information content (AvgIpc) is 1.59. The maximum atomic E-state index is 4.22. The van der Waals surface area contributed by atoms with Gasteiger partial charge in [0.25, 0.3) is 0 Å². The van der Waals surface area contributed by atoms with Crippen LogP contribution in [0, 0.1) is 0 Å². The Morgan fingerprint density at radius 1 is 0.750 bits per heavy atom. The fourth-order valence-electron chi connectivity index (χ4n) is 1.12. The lowest BCUT2D eigenvalue weighted by Crippen LogP contribution is -2.39. The molecule has 0 aliphatic carbocycles. The third-order valence-corrected chi connectivity index (χ3v) is 9.93. The molecule has 4 heteroatoms. The molecule has 0 aromatic carbocycles. The van der Waals surface area contributed by atoms with Crippen molar-refractivity contribution in [3.05, 3.63) is 11.4 Å². The number of rotatable bonds is 2. The molecule has 6 N–H and O–H groups in total. The Bertz CT molecular complexity index is 126. The second-order valence-corrected chi connectivity index (χ2v) is 15.7. The molecule has 0 aromatic rings. The average molecular weight is 206 g/mol. The normalized spacial score (nSPS) is 11.2. The molecule has 0 unspecified atom stereocenters. The summed E-state index contributed by atoms with van der Waals surface area (Å²) in [4.78, 5) is 1.60. The largest absolute Gasteiger partial charge is 0.344 e. The maximum absolute atomic E-state index is 4.22. The van der Waals surface area contributed by atoms with Crippen LogP contribution in [0.2, 0.25) is 39.3 Å². The van der Waals surface area contributed by atoms with Crippen LogP contribution in [0.5, 0.6) is 0 Å². The molecule has 76 valence electrons. The van der Waals surface area contributed by atoms with Crippen molar-refractivity contribution in [3.8, 4) is 0 Å². The molecule has 2 nitrogen and oxygen atoms in total. The third-order valence-electron chi connectivity index (χ3n) is 1.81. The minimum absolute atomic E-state index is 0. The smallest absolute Gasteiger partial charge is 0.0674 e. The molecule has 0 spiro atoms. The molecule has 0 rings (SSSR count). The molecule has 0 saturated heterocycles. The van der Waals surface area contributed by atoms with Gasteiger partial charge in [-0.2, -0.15) is 0 Å². The second kappa shape index (κ2) is 4.96. The van der Waals surface area contributed by atoms with Crippen LogP contribution in [-0.4, -0.2) is 16.1 Å². The quantitative estimate of drug-likeness (QED) is 0.677. The minimum atomic E-state index is -1.03. The molecule has 12 heavy (non-hydrogen) atoms. The van der Waals surface area contributed by atoms with Crippen LogP contribution >= 0.6 is 0 Å². The highest BCUT2D eigenvalue weighted by Crippen LogP contribution is 2.22. The lowest BCUT2D eigenvalue weighted by atomic mass is 11.2. The van der Waals surface area contributed by atoms with E-state index in [4.69, 9.17) is 0 Å². The van der Waals surface area contributed by atoms with Crippen molar-refractivity contribution in [1.29, 1.82) is 0 Å². The van der Waals surface area contributed by atoms with Crippen molar-refractivity contribution in [1.82, 2.24) is 12.3 Å². The molecule has 0 aliphatic rings. The van der Waals surface area contributed by atoms with Crippen LogP contribution in [0.4, 0.5) is 0 Å². The Kier molecular flexibility index (Phi) is 7.44. The predicted molar refractivity (Wildman–Crippen MR) is 65.9 cm³/mol. The first-order valence-electron chi connectivity index (χ1n) is 3.85. The molecule has 0 amide bonds. The van der Waals surface area contributed by atoms with Gasteiger partial charge in [-0.15, -0.1) is 6.58 Å². The van der Waals surface area contributed by atoms with Gasteiger partial charge in [-0.05, 0) is 0 Å². The predicted octanol–water partition coefficient (Wildman–Crippen LogP) is 3.62. The molecule has 0 heterocycles. The van der Waals surface area contributed by atoms with E-state index >= 15 is 0 Å². The number of hydrogen-bond acceptors (Lipinski definition) is 2. The van der Waals surface area contributed by atoms with E-state index in [0.717, 1.165) is 0 Å². The van der Waals surface area contributed by atoms with E-state index in [2.05, 4.69) is 45.9 Å². The fourth-order valence-corrected chi connectivity index (χ4v) is 10.1. The van der Waals surface area contributed by atoms with Gasteiger partial charge in [0, 0.05) is 0 Å². The van der Waals surface area contributed by atoms with Gasteiger partial charge in [-0.3, -0.25) is 0 Å². The molecular weight excluding hydrogens is 180 g/mol. The van der Waals surface area contributed by atoms with Crippen LogP contribution in [-0.2, 0) is 0 Å². The van der Waals surface area contributed by atoms with Crippen molar-refractivity contribution >= 4 is 16.1 Å². The first-order valence-corrected chi connectivity index (χ1v) is 10.9. The Balaban J connectivity index is -0.000000405. The van der Waals surface area contributed by atoms with Gasteiger partial charge >= 0.3 is 0 Å². The van der Waals surface area contributed by atoms with Gasteiger partial charge in [-0.25, -0.2) is 0 Å². The zero-order chi connectivity index (χ0) is 8.58. The van der Waals surface area contributed by atoms with Crippen LogP contribution in [0.15, 0.2) is 11.4 Å². The first-order chi connectivity index (χ1) is 4.15. The topological polar surface area (TPSA) is 70.0 Å². The Morgan fingerprint density at radius 2 is 0.917 bits per heavy atom. The fraction of sp³-hybridized carbons (Fsp3) is 0.750. The highest BCUT2D eigenvalue weighted by molar-refractivity contribution is 7.04. The summed E-state index contributed by atoms with van der Waals surface area (Å²) < 4.78 is 0. The lowest BCUT2D eigenvalue weighted by Gasteiger charge is -2.29. The standard InChI is InChI=1S/C8H20Si2.2H3N/c1-8(9(2,3)4)10(5,6)7;;/h1H2,2-7H3;2*1H3. The van der Waals surface area contributed by atoms with Gasteiger partial charge in [-0.1, -0.05) is 44.1 Å². The van der Waals surface area contributed by atoms with Crippen molar-refractivity contribution in [2.75, 3.05) is 0 Å². The molecule has 0 aliphatic heterocycles. The zero-order valence-corrected chi connectivity index (χ0v) is 11.6. The molecule has 0 saturated carbocycles. The van der Waals surface area contributed by atoms with E-state index in [9.17, 15) is 0 Å². The van der Waals surface area contributed by atoms with Gasteiger partial charge < -0.3 is 12.3 Å². The highest BCUT2D eigenvalue weighted by Gasteiger charge is 2.28. The molecule has 0 bridgehead atoms. The van der Waals surface area contributed by atoms with E-state index in [1.54, 1.807) is 4.82 Å². The zero-order valence-electron chi connectivity index (χ0n) is 9.62. The molecule has 0 fully saturated rings. The molecule has 0 atom stereocenters. The van der Waals surface area contributed by atoms with Crippen LogP contribution < -0.4 is 12.3 Å². The highest BCUT2D eigenvalue weighted by atomic mass is 28.4. The summed E-state index contributed by atoms with van der Waals surface area (Å²) in [6.45, 7) is 18.5. The first kappa shape index (κ1) is 18.0. The lowest BCUT2D eigenvalue weighted by molar-refractivity contribution is 1.65. The monoisotopic (exact) mass is 206 g/mol. The summed E-state index contributed by atoms with van der Waals surface area (Å²) in [5, 5.41) is 0. The molecule has 0 aromatic heterocycles. The Morgan fingerprint density at radius 3 is 0.917 bits per heavy atom. The van der Waals surface area contributed by atoms with E-state index < -0.39 is 16.1 Å². The van der Waals surface area contributed by atoms with Crippen molar-refractivity contribution in [3.63, 3.8) is 0 Å². The summed E-state index contributed by atoms with van der Waals surface area (Å²) in [6, 6.07) is 0. The van der Waals surface area contributed by atoms with Gasteiger partial charge in [0.15, 0.2) is 0 Å². The van der Waals surface area contributed by atoms with Crippen molar-refractivity contribution in [2.45, 2.75) is 39.3 Å². The summed E-state index contributed by atoms with van der Waals surface area (Å²) in [5.74, 6) is 0. The SMILES string of the molecule is C=C([Si](C)(C)C)[Si](C)(C)C.N.N. The van der Waals surface area contributed by atoms with Crippen LogP contribution in [0.3, 0.4) is 0 Å². The van der Waals surface area contributed by atoms with Crippen molar-refractivity contribution < 1.29 is 0 Å². The minimum Gasteiger partial charge on any atom is -0.344 e.